The molecule has 0 unspecified atom stereocenters. The van der Waals surface area contributed by atoms with E-state index in [1.165, 1.54) is 0 Å². The van der Waals surface area contributed by atoms with Gasteiger partial charge in [-0.3, -0.25) is 0 Å². The van der Waals surface area contributed by atoms with E-state index in [4.69, 9.17) is 5.73 Å². The first-order valence-electron chi connectivity index (χ1n) is 1.51. The Kier molecular flexibility index (Phi) is 21.8. The molecule has 0 bridgehead atoms. The Morgan fingerprint density at radius 3 is 1.86 bits per heavy atom. The van der Waals surface area contributed by atoms with E-state index in [1.807, 2.05) is 0 Å². The number of carbonyl (C=O) groups excluding carboxylic acids is 1. The molecule has 1 N–H and O–H groups in total. The van der Waals surface area contributed by atoms with Crippen LogP contribution in [0.1, 0.15) is 13.3 Å². The van der Waals surface area contributed by atoms with E-state index in [-0.39, 0.29) is 40.1 Å². The summed E-state index contributed by atoms with van der Waals surface area (Å²) in [5, 5.41) is 0. The maximum absolute atomic E-state index is 9.48. The zero-order chi connectivity index (χ0) is 4.28. The van der Waals surface area contributed by atoms with Gasteiger partial charge in [-0.1, -0.05) is 6.92 Å². The van der Waals surface area contributed by atoms with E-state index in [1.54, 1.807) is 6.92 Å². The molecule has 0 aliphatic heterocycles. The first-order chi connectivity index (χ1) is 2.27. The van der Waals surface area contributed by atoms with E-state index >= 15 is 0 Å². The summed E-state index contributed by atoms with van der Waals surface area (Å²) in [6.45, 7) is 1.66. The van der Waals surface area contributed by atoms with Gasteiger partial charge in [-0.2, -0.15) is 0 Å². The minimum atomic E-state index is -0.495. The van der Waals surface area contributed by atoms with Crippen LogP contribution < -0.4 is 0 Å². The van der Waals surface area contributed by atoms with Gasteiger partial charge < -0.3 is 18.0 Å². The summed E-state index contributed by atoms with van der Waals surface area (Å²) < 4.78 is 0. The van der Waals surface area contributed by atoms with E-state index in [0.29, 0.717) is 6.42 Å². The van der Waals surface area contributed by atoms with Gasteiger partial charge >= 0.3 is 0 Å². The van der Waals surface area contributed by atoms with Gasteiger partial charge in [-0.25, -0.2) is 0 Å². The molecule has 0 aromatic heterocycles. The number of amides is 1. The quantitative estimate of drug-likeness (QED) is 0.557. The van der Waals surface area contributed by atoms with Crippen LogP contribution in [0.4, 0.5) is 0 Å². The van der Waals surface area contributed by atoms with Crippen LogP contribution in [0.2, 0.25) is 0 Å². The van der Waals surface area contributed by atoms with Crippen LogP contribution in [0.3, 0.4) is 0 Å². The first-order valence-corrected chi connectivity index (χ1v) is 1.51. The van der Waals surface area contributed by atoms with Crippen molar-refractivity contribution in [2.24, 2.45) is 0 Å². The molecule has 41 valence electrons. The Morgan fingerprint density at radius 1 is 1.71 bits per heavy atom. The van der Waals surface area contributed by atoms with E-state index in [9.17, 15) is 4.79 Å². The van der Waals surface area contributed by atoms with Gasteiger partial charge in [0.1, 0.15) is 0 Å². The topological polar surface area (TPSA) is 40.9 Å². The van der Waals surface area contributed by atoms with Gasteiger partial charge in [-0.05, 0) is 6.42 Å². The van der Waals surface area contributed by atoms with Crippen LogP contribution in [0, 0.1) is 7.43 Å². The Hall–Kier alpha value is 0.574. The third kappa shape index (κ3) is 20.8. The van der Waals surface area contributed by atoms with Gasteiger partial charge in [0.25, 0.3) is 0 Å². The maximum Gasteiger partial charge on any atom is 0.0484 e. The van der Waals surface area contributed by atoms with Gasteiger partial charge in [0.05, 0.1) is 0 Å². The molecule has 0 saturated heterocycles. The molecule has 1 amide bonds. The van der Waals surface area contributed by atoms with Crippen LogP contribution in [-0.2, 0) is 37.5 Å². The molecule has 0 aromatic carbocycles. The normalized spacial score (nSPS) is 5.29. The van der Waals surface area contributed by atoms with Crippen molar-refractivity contribution < 1.29 is 37.5 Å². The van der Waals surface area contributed by atoms with Crippen LogP contribution in [0.25, 0.3) is 5.73 Å². The third-order valence-corrected chi connectivity index (χ3v) is 0.321. The summed E-state index contributed by atoms with van der Waals surface area (Å²) in [6.07, 6.45) is 0.333. The maximum atomic E-state index is 9.48. The molecule has 0 heterocycles. The summed E-state index contributed by atoms with van der Waals surface area (Å²) in [7, 11) is 0. The summed E-state index contributed by atoms with van der Waals surface area (Å²) >= 11 is 0. The van der Waals surface area contributed by atoms with Gasteiger partial charge in [0.15, 0.2) is 0 Å². The molecule has 0 aliphatic carbocycles. The fraction of sp³-hybridized carbons (Fsp3) is 0.500. The first kappa shape index (κ1) is 15.6. The number of nitrogens with one attached hydrogen (secondary N) is 1. The Morgan fingerprint density at radius 2 is 1.86 bits per heavy atom. The van der Waals surface area contributed by atoms with Gasteiger partial charge in [0.2, 0.25) is 0 Å². The van der Waals surface area contributed by atoms with E-state index < -0.39 is 5.91 Å². The fourth-order valence-electron chi connectivity index (χ4n) is 0. The number of carbonyl (C=O) groups is 1. The summed E-state index contributed by atoms with van der Waals surface area (Å²) in [6, 6.07) is 0. The Balaban J connectivity index is -0.0000000800. The van der Waals surface area contributed by atoms with Crippen LogP contribution in [-0.4, -0.2) is 5.91 Å². The zero-order valence-electron chi connectivity index (χ0n) is 4.69. The number of hydrogen-bond donors (Lipinski definition) is 0. The van der Waals surface area contributed by atoms with Gasteiger partial charge in [-0.15, -0.1) is 0 Å². The predicted molar refractivity (Wildman–Crippen MR) is 26.0 cm³/mol. The third-order valence-electron chi connectivity index (χ3n) is 0.321. The molecule has 2 nitrogen and oxygen atoms in total. The van der Waals surface area contributed by atoms with Crippen molar-refractivity contribution in [1.29, 1.82) is 0 Å². The van der Waals surface area contributed by atoms with Crippen molar-refractivity contribution in [2.75, 3.05) is 0 Å². The molecule has 0 rings (SSSR count). The molecule has 7 heavy (non-hydrogen) atoms. The van der Waals surface area contributed by atoms with Crippen molar-refractivity contribution in [2.45, 2.75) is 13.3 Å². The molecule has 0 aromatic rings. The molecular formula is C4H9NOY-2. The fourth-order valence-corrected chi connectivity index (χ4v) is 0. The summed E-state index contributed by atoms with van der Waals surface area (Å²) in [5.74, 6) is -0.495. The number of rotatable bonds is 1. The molecule has 3 heteroatoms. The van der Waals surface area contributed by atoms with Crippen molar-refractivity contribution in [1.82, 2.24) is 0 Å². The molecular weight excluding hydrogens is 167 g/mol. The second-order valence-corrected chi connectivity index (χ2v) is 0.777. The van der Waals surface area contributed by atoms with Crippen LogP contribution in [0.15, 0.2) is 0 Å². The monoisotopic (exact) mass is 176 g/mol. The largest absolute Gasteiger partial charge is 0.668 e. The molecule has 1 radical (unpaired) electrons. The SMILES string of the molecule is CCC([NH-])=O.[CH3-].[Y]. The minimum absolute atomic E-state index is 0. The molecule has 0 fully saturated rings. The van der Waals surface area contributed by atoms with Crippen LogP contribution >= 0.6 is 0 Å². The molecule has 0 atom stereocenters. The minimum Gasteiger partial charge on any atom is -0.668 e. The Bertz CT molecular complexity index is 47.0. The van der Waals surface area contributed by atoms with Crippen LogP contribution in [0.5, 0.6) is 0 Å². The summed E-state index contributed by atoms with van der Waals surface area (Å²) in [4.78, 5) is 9.48. The average molecular weight is 176 g/mol. The van der Waals surface area contributed by atoms with Crippen molar-refractivity contribution in [3.05, 3.63) is 13.2 Å². The standard InChI is InChI=1S/C3H7NO.CH3.Y/c1-2-3(4)5;;/h2H2,1H3,(H2,4,5);1H3;/q;-1;/p-1. The van der Waals surface area contributed by atoms with Crippen molar-refractivity contribution >= 4 is 5.91 Å². The molecule has 0 spiro atoms. The second-order valence-electron chi connectivity index (χ2n) is 0.777. The van der Waals surface area contributed by atoms with Gasteiger partial charge in [0, 0.05) is 38.6 Å². The molecule has 0 saturated carbocycles. The smallest absolute Gasteiger partial charge is 0.0484 e. The second kappa shape index (κ2) is 9.76. The summed E-state index contributed by atoms with van der Waals surface area (Å²) in [5.41, 5.74) is 6.19. The van der Waals surface area contributed by atoms with Crippen molar-refractivity contribution in [3.8, 4) is 0 Å². The van der Waals surface area contributed by atoms with E-state index in [0.717, 1.165) is 0 Å². The molecule has 0 aliphatic rings. The predicted octanol–water partition coefficient (Wildman–Crippen LogP) is 1.42. The number of hydrogen-bond acceptors (Lipinski definition) is 1. The average Bonchev–Trinajstić information content (AvgIpc) is 1.38. The Labute approximate surface area is 69.7 Å². The zero-order valence-corrected chi connectivity index (χ0v) is 7.53. The van der Waals surface area contributed by atoms with Crippen molar-refractivity contribution in [3.63, 3.8) is 0 Å². The van der Waals surface area contributed by atoms with E-state index in [2.05, 4.69) is 0 Å².